The van der Waals surface area contributed by atoms with Crippen LogP contribution >= 0.6 is 11.3 Å². The molecule has 1 aliphatic carbocycles. The molecule has 1 nitrogen and oxygen atoms in total. The highest BCUT2D eigenvalue weighted by atomic mass is 32.1. The van der Waals surface area contributed by atoms with E-state index in [1.54, 1.807) is 0 Å². The highest BCUT2D eigenvalue weighted by Gasteiger charge is 2.21. The summed E-state index contributed by atoms with van der Waals surface area (Å²) in [4.78, 5) is 0. The van der Waals surface area contributed by atoms with Gasteiger partial charge in [-0.1, -0.05) is 25.0 Å². The Morgan fingerprint density at radius 2 is 1.81 bits per heavy atom. The molecule has 2 heteroatoms. The summed E-state index contributed by atoms with van der Waals surface area (Å²) in [5.74, 6) is 0.765. The third kappa shape index (κ3) is 2.55. The maximum atomic E-state index is 2.44. The van der Waals surface area contributed by atoms with E-state index in [1.165, 1.54) is 68.9 Å². The second-order valence-electron chi connectivity index (χ2n) is 7.73. The first-order chi connectivity index (χ1) is 12.7. The molecule has 0 saturated heterocycles. The SMILES string of the molecule is Cc1cc2ccsc2cc1-c1c2ccc(C3CCCC3)cc2cc[n+]1C. The van der Waals surface area contributed by atoms with Gasteiger partial charge in [-0.2, -0.15) is 0 Å². The third-order valence-corrected chi connectivity index (χ3v) is 6.92. The average molecular weight is 359 g/mol. The monoisotopic (exact) mass is 358 g/mol. The van der Waals surface area contributed by atoms with Crippen LogP contribution in [-0.4, -0.2) is 0 Å². The van der Waals surface area contributed by atoms with Gasteiger partial charge in [0.05, 0.1) is 10.9 Å². The summed E-state index contributed by atoms with van der Waals surface area (Å²) in [6, 6.07) is 16.4. The summed E-state index contributed by atoms with van der Waals surface area (Å²) in [5.41, 5.74) is 5.55. The van der Waals surface area contributed by atoms with Crippen molar-refractivity contribution >= 4 is 32.2 Å². The summed E-state index contributed by atoms with van der Waals surface area (Å²) in [7, 11) is 2.16. The van der Waals surface area contributed by atoms with E-state index in [4.69, 9.17) is 0 Å². The Bertz CT molecular complexity index is 1120. The number of hydrogen-bond acceptors (Lipinski definition) is 1. The van der Waals surface area contributed by atoms with Crippen LogP contribution in [0.1, 0.15) is 42.7 Å². The molecule has 1 fully saturated rings. The van der Waals surface area contributed by atoms with E-state index in [0.29, 0.717) is 0 Å². The van der Waals surface area contributed by atoms with Crippen LogP contribution in [-0.2, 0) is 7.05 Å². The van der Waals surface area contributed by atoms with Crippen molar-refractivity contribution in [2.24, 2.45) is 7.05 Å². The van der Waals surface area contributed by atoms with Crippen molar-refractivity contribution in [3.63, 3.8) is 0 Å². The lowest BCUT2D eigenvalue weighted by Gasteiger charge is -2.12. The molecule has 1 aliphatic rings. The smallest absolute Gasteiger partial charge is 0.200 e. The van der Waals surface area contributed by atoms with Gasteiger partial charge >= 0.3 is 0 Å². The molecule has 5 rings (SSSR count). The van der Waals surface area contributed by atoms with Gasteiger partial charge in [-0.15, -0.1) is 11.3 Å². The van der Waals surface area contributed by atoms with Crippen LogP contribution in [0.3, 0.4) is 0 Å². The van der Waals surface area contributed by atoms with Gasteiger partial charge in [-0.3, -0.25) is 0 Å². The number of aromatic nitrogens is 1. The molecule has 0 N–H and O–H groups in total. The van der Waals surface area contributed by atoms with E-state index < -0.39 is 0 Å². The minimum absolute atomic E-state index is 0.765. The molecule has 2 heterocycles. The molecular formula is C24H24NS+. The van der Waals surface area contributed by atoms with Gasteiger partial charge in [0.25, 0.3) is 0 Å². The molecule has 0 aliphatic heterocycles. The summed E-state index contributed by atoms with van der Waals surface area (Å²) >= 11 is 1.83. The largest absolute Gasteiger partial charge is 0.220 e. The number of rotatable bonds is 2. The van der Waals surface area contributed by atoms with Crippen molar-refractivity contribution in [2.75, 3.05) is 0 Å². The zero-order valence-corrected chi connectivity index (χ0v) is 16.3. The zero-order chi connectivity index (χ0) is 17.7. The van der Waals surface area contributed by atoms with E-state index in [2.05, 4.69) is 72.6 Å². The van der Waals surface area contributed by atoms with E-state index >= 15 is 0 Å². The van der Waals surface area contributed by atoms with Crippen molar-refractivity contribution in [3.05, 3.63) is 65.2 Å². The second kappa shape index (κ2) is 6.21. The molecule has 4 aromatic rings. The van der Waals surface area contributed by atoms with Crippen LogP contribution in [0.25, 0.3) is 32.1 Å². The first-order valence-corrected chi connectivity index (χ1v) is 10.5. The summed E-state index contributed by atoms with van der Waals surface area (Å²) in [5, 5.41) is 6.26. The highest BCUT2D eigenvalue weighted by Crippen LogP contribution is 2.37. The Morgan fingerprint density at radius 1 is 0.962 bits per heavy atom. The van der Waals surface area contributed by atoms with E-state index in [0.717, 1.165) is 5.92 Å². The molecule has 0 bridgehead atoms. The van der Waals surface area contributed by atoms with Crippen LogP contribution in [0.15, 0.2) is 54.0 Å². The third-order valence-electron chi connectivity index (χ3n) is 6.04. The first kappa shape index (κ1) is 16.0. The molecule has 26 heavy (non-hydrogen) atoms. The minimum atomic E-state index is 0.765. The standard InChI is InChI=1S/C24H24NS/c1-16-13-20-10-12-26-23(20)15-22(16)24-21-8-7-18(17-5-3-4-6-17)14-19(21)9-11-25(24)2/h7-15,17H,3-6H2,1-2H3/q+1. The normalized spacial score (nSPS) is 15.3. The lowest BCUT2D eigenvalue weighted by Crippen LogP contribution is -2.30. The van der Waals surface area contributed by atoms with Gasteiger partial charge in [0.2, 0.25) is 5.69 Å². The fourth-order valence-electron chi connectivity index (χ4n) is 4.62. The molecule has 1 saturated carbocycles. The van der Waals surface area contributed by atoms with Crippen molar-refractivity contribution in [2.45, 2.75) is 38.5 Å². The van der Waals surface area contributed by atoms with Crippen LogP contribution in [0.2, 0.25) is 0 Å². The molecule has 0 unspecified atom stereocenters. The number of fused-ring (bicyclic) bond motifs is 2. The number of pyridine rings is 1. The Kier molecular flexibility index (Phi) is 3.82. The number of nitrogens with zero attached hydrogens (tertiary/aromatic N) is 1. The molecule has 2 aromatic heterocycles. The van der Waals surface area contributed by atoms with Crippen LogP contribution in [0, 0.1) is 6.92 Å². The van der Waals surface area contributed by atoms with Crippen LogP contribution in [0.4, 0.5) is 0 Å². The number of thiophene rings is 1. The highest BCUT2D eigenvalue weighted by molar-refractivity contribution is 7.17. The molecule has 0 spiro atoms. The van der Waals surface area contributed by atoms with Crippen LogP contribution in [0.5, 0.6) is 0 Å². The quantitative estimate of drug-likeness (QED) is 0.360. The maximum absolute atomic E-state index is 2.44. The summed E-state index contributed by atoms with van der Waals surface area (Å²) in [6.07, 6.45) is 7.70. The first-order valence-electron chi connectivity index (χ1n) is 9.61. The summed E-state index contributed by atoms with van der Waals surface area (Å²) in [6.45, 7) is 2.23. The fourth-order valence-corrected chi connectivity index (χ4v) is 5.43. The van der Waals surface area contributed by atoms with Crippen molar-refractivity contribution in [3.8, 4) is 11.3 Å². The fraction of sp³-hybridized carbons (Fsp3) is 0.292. The van der Waals surface area contributed by atoms with Gasteiger partial charge in [0.1, 0.15) is 7.05 Å². The maximum Gasteiger partial charge on any atom is 0.220 e. The predicted octanol–water partition coefficient (Wildman–Crippen LogP) is 6.51. The molecule has 0 radical (unpaired) electrons. The minimum Gasteiger partial charge on any atom is -0.200 e. The molecule has 130 valence electrons. The van der Waals surface area contributed by atoms with E-state index in [9.17, 15) is 0 Å². The van der Waals surface area contributed by atoms with Gasteiger partial charge in [0.15, 0.2) is 6.20 Å². The Morgan fingerprint density at radius 3 is 2.65 bits per heavy atom. The van der Waals surface area contributed by atoms with Crippen molar-refractivity contribution in [1.82, 2.24) is 0 Å². The molecule has 2 aromatic carbocycles. The van der Waals surface area contributed by atoms with E-state index in [1.807, 2.05) is 11.3 Å². The van der Waals surface area contributed by atoms with Gasteiger partial charge in [-0.25, -0.2) is 4.57 Å². The van der Waals surface area contributed by atoms with Gasteiger partial charge in [-0.05, 0) is 77.2 Å². The van der Waals surface area contributed by atoms with E-state index in [-0.39, 0.29) is 0 Å². The lowest BCUT2D eigenvalue weighted by molar-refractivity contribution is -0.659. The summed E-state index contributed by atoms with van der Waals surface area (Å²) < 4.78 is 3.64. The predicted molar refractivity (Wildman–Crippen MR) is 112 cm³/mol. The van der Waals surface area contributed by atoms with Gasteiger partial charge < -0.3 is 0 Å². The Labute approximate surface area is 158 Å². The molecular weight excluding hydrogens is 334 g/mol. The average Bonchev–Trinajstić information content (AvgIpc) is 3.32. The van der Waals surface area contributed by atoms with Crippen molar-refractivity contribution in [1.29, 1.82) is 0 Å². The topological polar surface area (TPSA) is 3.88 Å². The zero-order valence-electron chi connectivity index (χ0n) is 15.5. The number of benzene rings is 2. The Hall–Kier alpha value is -2.19. The Balaban J connectivity index is 1.72. The van der Waals surface area contributed by atoms with Crippen molar-refractivity contribution < 1.29 is 4.57 Å². The van der Waals surface area contributed by atoms with Gasteiger partial charge in [0, 0.05) is 10.8 Å². The number of aryl methyl sites for hydroxylation is 2. The number of hydrogen-bond donors (Lipinski definition) is 0. The second-order valence-corrected chi connectivity index (χ2v) is 8.68. The lowest BCUT2D eigenvalue weighted by atomic mass is 9.93. The molecule has 0 amide bonds. The van der Waals surface area contributed by atoms with Crippen LogP contribution < -0.4 is 4.57 Å². The molecule has 0 atom stereocenters.